The molecule has 0 saturated carbocycles. The first kappa shape index (κ1) is 13.6. The maximum absolute atomic E-state index is 9.91. The fourth-order valence-corrected chi connectivity index (χ4v) is 1.87. The van der Waals surface area contributed by atoms with Crippen molar-refractivity contribution in [2.75, 3.05) is 18.0 Å². The Kier molecular flexibility index (Phi) is 5.04. The lowest BCUT2D eigenvalue weighted by Crippen LogP contribution is -2.24. The first-order valence-electron chi connectivity index (χ1n) is 6.04. The van der Waals surface area contributed by atoms with Crippen LogP contribution in [0.1, 0.15) is 31.9 Å². The molecule has 0 amide bonds. The first-order valence-corrected chi connectivity index (χ1v) is 6.04. The Morgan fingerprint density at radius 2 is 2.24 bits per heavy atom. The fourth-order valence-electron chi connectivity index (χ4n) is 1.87. The summed E-state index contributed by atoms with van der Waals surface area (Å²) in [5.41, 5.74) is 7.56. The van der Waals surface area contributed by atoms with E-state index in [1.165, 1.54) is 0 Å². The highest BCUT2D eigenvalue weighted by atomic mass is 16.3. The van der Waals surface area contributed by atoms with Gasteiger partial charge < -0.3 is 15.7 Å². The highest BCUT2D eigenvalue weighted by Gasteiger charge is 2.10. The average molecular weight is 234 g/mol. The number of hydrogen-bond donors (Lipinski definition) is 2. The number of anilines is 1. The summed E-state index contributed by atoms with van der Waals surface area (Å²) < 4.78 is 0. The third-order valence-electron chi connectivity index (χ3n) is 2.71. The Bertz CT molecular complexity index is 374. The van der Waals surface area contributed by atoms with E-state index < -0.39 is 0 Å². The van der Waals surface area contributed by atoms with Crippen molar-refractivity contribution >= 4 is 5.69 Å². The summed E-state index contributed by atoms with van der Waals surface area (Å²) >= 11 is 0. The molecule has 0 aliphatic rings. The Morgan fingerprint density at radius 1 is 1.53 bits per heavy atom. The molecule has 94 valence electrons. The molecule has 3 heteroatoms. The zero-order valence-electron chi connectivity index (χ0n) is 10.7. The maximum Gasteiger partial charge on any atom is 0.122 e. The summed E-state index contributed by atoms with van der Waals surface area (Å²) in [7, 11) is 0. The van der Waals surface area contributed by atoms with Gasteiger partial charge in [-0.25, -0.2) is 0 Å². The maximum atomic E-state index is 9.91. The Morgan fingerprint density at radius 3 is 2.71 bits per heavy atom. The molecule has 0 heterocycles. The molecular formula is C14H22N2O. The topological polar surface area (TPSA) is 49.5 Å². The zero-order chi connectivity index (χ0) is 12.8. The second kappa shape index (κ2) is 6.30. The van der Waals surface area contributed by atoms with E-state index in [2.05, 4.69) is 18.4 Å². The summed E-state index contributed by atoms with van der Waals surface area (Å²) in [6.07, 6.45) is 2.93. The zero-order valence-corrected chi connectivity index (χ0v) is 10.7. The van der Waals surface area contributed by atoms with Gasteiger partial charge in [-0.3, -0.25) is 0 Å². The van der Waals surface area contributed by atoms with Gasteiger partial charge in [0.05, 0.1) is 0 Å². The van der Waals surface area contributed by atoms with Crippen molar-refractivity contribution in [2.45, 2.75) is 26.3 Å². The lowest BCUT2D eigenvalue weighted by atomic mass is 10.1. The van der Waals surface area contributed by atoms with E-state index in [1.54, 1.807) is 6.07 Å². The van der Waals surface area contributed by atoms with Crippen LogP contribution in [0.15, 0.2) is 30.9 Å². The smallest absolute Gasteiger partial charge is 0.122 e. The molecule has 1 atom stereocenters. The summed E-state index contributed by atoms with van der Waals surface area (Å²) in [5.74, 6) is 0.266. The summed E-state index contributed by atoms with van der Waals surface area (Å²) in [4.78, 5) is 2.18. The Hall–Kier alpha value is -1.48. The highest BCUT2D eigenvalue weighted by molar-refractivity contribution is 5.54. The normalized spacial score (nSPS) is 12.2. The average Bonchev–Trinajstić information content (AvgIpc) is 2.28. The third kappa shape index (κ3) is 3.49. The second-order valence-electron chi connectivity index (χ2n) is 4.27. The number of rotatable bonds is 6. The van der Waals surface area contributed by atoms with Gasteiger partial charge in [0, 0.05) is 36.4 Å². The predicted octanol–water partition coefficient (Wildman–Crippen LogP) is 2.81. The summed E-state index contributed by atoms with van der Waals surface area (Å²) in [5, 5.41) is 9.91. The van der Waals surface area contributed by atoms with Crippen LogP contribution in [0.2, 0.25) is 0 Å². The van der Waals surface area contributed by atoms with E-state index in [9.17, 15) is 5.11 Å². The van der Waals surface area contributed by atoms with E-state index in [4.69, 9.17) is 5.73 Å². The molecule has 0 spiro atoms. The van der Waals surface area contributed by atoms with Crippen molar-refractivity contribution in [3.63, 3.8) is 0 Å². The molecule has 1 rings (SSSR count). The van der Waals surface area contributed by atoms with Crippen LogP contribution in [-0.4, -0.2) is 18.2 Å². The van der Waals surface area contributed by atoms with Gasteiger partial charge in [-0.2, -0.15) is 0 Å². The lowest BCUT2D eigenvalue weighted by Gasteiger charge is -2.23. The van der Waals surface area contributed by atoms with Crippen LogP contribution >= 0.6 is 0 Å². The molecule has 0 radical (unpaired) electrons. The highest BCUT2D eigenvalue weighted by Crippen LogP contribution is 2.28. The molecule has 0 fully saturated rings. The minimum Gasteiger partial charge on any atom is -0.508 e. The van der Waals surface area contributed by atoms with Crippen LogP contribution in [0.3, 0.4) is 0 Å². The molecule has 1 unspecified atom stereocenters. The summed E-state index contributed by atoms with van der Waals surface area (Å²) in [6, 6.07) is 5.51. The minimum atomic E-state index is -0.150. The molecule has 0 aromatic heterocycles. The fraction of sp³-hybridized carbons (Fsp3) is 0.429. The van der Waals surface area contributed by atoms with Gasteiger partial charge in [-0.1, -0.05) is 19.1 Å². The Labute approximate surface area is 104 Å². The monoisotopic (exact) mass is 234 g/mol. The first-order chi connectivity index (χ1) is 8.10. The molecule has 0 aliphatic heterocycles. The van der Waals surface area contributed by atoms with E-state index in [-0.39, 0.29) is 11.8 Å². The van der Waals surface area contributed by atoms with Crippen LogP contribution < -0.4 is 10.6 Å². The molecule has 1 aromatic rings. The van der Waals surface area contributed by atoms with Gasteiger partial charge in [0.1, 0.15) is 5.75 Å². The number of nitrogens with two attached hydrogens (primary N) is 1. The standard InChI is InChI=1S/C14H22N2O/c1-4-8-16(9-5-2)12-6-7-13(11(3)15)14(17)10-12/h4,6-7,10-11,17H,1,5,8-9,15H2,2-3H3. The summed E-state index contributed by atoms with van der Waals surface area (Å²) in [6.45, 7) is 9.48. The molecular weight excluding hydrogens is 212 g/mol. The van der Waals surface area contributed by atoms with Crippen molar-refractivity contribution < 1.29 is 5.11 Å². The number of hydrogen-bond acceptors (Lipinski definition) is 3. The van der Waals surface area contributed by atoms with E-state index in [1.807, 2.05) is 25.1 Å². The van der Waals surface area contributed by atoms with E-state index in [0.29, 0.717) is 0 Å². The number of phenols is 1. The van der Waals surface area contributed by atoms with Crippen LogP contribution in [0.4, 0.5) is 5.69 Å². The van der Waals surface area contributed by atoms with Gasteiger partial charge in [-0.05, 0) is 19.4 Å². The molecule has 3 nitrogen and oxygen atoms in total. The van der Waals surface area contributed by atoms with Crippen LogP contribution in [0.25, 0.3) is 0 Å². The van der Waals surface area contributed by atoms with E-state index in [0.717, 1.165) is 30.8 Å². The van der Waals surface area contributed by atoms with Gasteiger partial charge in [0.2, 0.25) is 0 Å². The van der Waals surface area contributed by atoms with Crippen LogP contribution in [-0.2, 0) is 0 Å². The Balaban J connectivity index is 2.97. The van der Waals surface area contributed by atoms with Crippen LogP contribution in [0.5, 0.6) is 5.75 Å². The number of nitrogens with zero attached hydrogens (tertiary/aromatic N) is 1. The molecule has 17 heavy (non-hydrogen) atoms. The number of phenolic OH excluding ortho intramolecular Hbond substituents is 1. The van der Waals surface area contributed by atoms with Gasteiger partial charge >= 0.3 is 0 Å². The number of aromatic hydroxyl groups is 1. The third-order valence-corrected chi connectivity index (χ3v) is 2.71. The lowest BCUT2D eigenvalue weighted by molar-refractivity contribution is 0.463. The second-order valence-corrected chi connectivity index (χ2v) is 4.27. The molecule has 3 N–H and O–H groups in total. The largest absolute Gasteiger partial charge is 0.508 e. The molecule has 1 aromatic carbocycles. The minimum absolute atomic E-state index is 0.150. The quantitative estimate of drug-likeness (QED) is 0.744. The molecule has 0 saturated heterocycles. The van der Waals surface area contributed by atoms with Gasteiger partial charge in [-0.15, -0.1) is 6.58 Å². The van der Waals surface area contributed by atoms with Crippen molar-refractivity contribution in [3.8, 4) is 5.75 Å². The van der Waals surface area contributed by atoms with Crippen molar-refractivity contribution in [3.05, 3.63) is 36.4 Å². The van der Waals surface area contributed by atoms with Crippen LogP contribution in [0, 0.1) is 0 Å². The van der Waals surface area contributed by atoms with Gasteiger partial charge in [0.25, 0.3) is 0 Å². The van der Waals surface area contributed by atoms with Crippen molar-refractivity contribution in [2.24, 2.45) is 5.73 Å². The SMILES string of the molecule is C=CCN(CCC)c1ccc(C(C)N)c(O)c1. The van der Waals surface area contributed by atoms with Crippen molar-refractivity contribution in [1.29, 1.82) is 0 Å². The van der Waals surface area contributed by atoms with E-state index >= 15 is 0 Å². The predicted molar refractivity (Wildman–Crippen MR) is 73.4 cm³/mol. The molecule has 0 aliphatic carbocycles. The number of benzene rings is 1. The molecule has 0 bridgehead atoms. The van der Waals surface area contributed by atoms with Crippen molar-refractivity contribution in [1.82, 2.24) is 0 Å². The van der Waals surface area contributed by atoms with Gasteiger partial charge in [0.15, 0.2) is 0 Å².